The van der Waals surface area contributed by atoms with Gasteiger partial charge < -0.3 is 8.97 Å². The van der Waals surface area contributed by atoms with Crippen molar-refractivity contribution in [2.45, 2.75) is 16.8 Å². The van der Waals surface area contributed by atoms with Crippen molar-refractivity contribution < 1.29 is 13.4 Å². The largest absolute Gasteiger partial charge is 0.605 e. The van der Waals surface area contributed by atoms with Crippen LogP contribution in [0.3, 0.4) is 0 Å². The predicted octanol–water partition coefficient (Wildman–Crippen LogP) is 4.58. The molecule has 2 aromatic carbocycles. The van der Waals surface area contributed by atoms with E-state index in [2.05, 4.69) is 15.3 Å². The number of nitrogens with one attached hydrogen (secondary N) is 1. The van der Waals surface area contributed by atoms with Crippen LogP contribution in [-0.2, 0) is 11.2 Å². The lowest BCUT2D eigenvalue weighted by molar-refractivity contribution is 0.575. The lowest BCUT2D eigenvalue weighted by Crippen LogP contribution is -2.07. The van der Waals surface area contributed by atoms with Gasteiger partial charge >= 0.3 is 6.01 Å². The highest BCUT2D eigenvalue weighted by Crippen LogP contribution is 2.29. The molecular weight excluding hydrogens is 353 g/mol. The first-order valence-electron chi connectivity index (χ1n) is 7.86. The summed E-state index contributed by atoms with van der Waals surface area (Å²) in [7, 11) is 0. The number of benzene rings is 2. The average molecular weight is 367 g/mol. The summed E-state index contributed by atoms with van der Waals surface area (Å²) in [6.07, 6.45) is 1.53. The molecule has 1 N–H and O–H groups in total. The van der Waals surface area contributed by atoms with Gasteiger partial charge in [-0.25, -0.2) is 4.39 Å². The Kier molecular flexibility index (Phi) is 4.32. The topological polar surface area (TPSA) is 74.0 Å². The number of nitrogens with zero attached hydrogens (tertiary/aromatic N) is 2. The van der Waals surface area contributed by atoms with Crippen molar-refractivity contribution in [3.63, 3.8) is 0 Å². The van der Waals surface area contributed by atoms with Crippen molar-refractivity contribution >= 4 is 33.8 Å². The molecule has 0 amide bonds. The summed E-state index contributed by atoms with van der Waals surface area (Å²) < 4.78 is 31.3. The number of hydrogen-bond donors (Lipinski definition) is 1. The van der Waals surface area contributed by atoms with Crippen molar-refractivity contribution in [3.05, 3.63) is 72.4 Å². The van der Waals surface area contributed by atoms with Gasteiger partial charge in [-0.05, 0) is 36.6 Å². The van der Waals surface area contributed by atoms with Crippen molar-refractivity contribution in [1.29, 1.82) is 0 Å². The molecule has 0 aliphatic rings. The molecule has 5 nitrogen and oxygen atoms in total. The molecule has 1 atom stereocenters. The van der Waals surface area contributed by atoms with Crippen molar-refractivity contribution in [2.75, 3.05) is 5.32 Å². The zero-order chi connectivity index (χ0) is 18.1. The molecule has 0 bridgehead atoms. The van der Waals surface area contributed by atoms with E-state index in [1.165, 1.54) is 30.5 Å². The Morgan fingerprint density at radius 1 is 1.08 bits per heavy atom. The lowest BCUT2D eigenvalue weighted by Gasteiger charge is -2.12. The molecule has 2 aromatic heterocycles. The van der Waals surface area contributed by atoms with E-state index in [9.17, 15) is 8.94 Å². The molecule has 0 aliphatic heterocycles. The van der Waals surface area contributed by atoms with Crippen LogP contribution in [0.4, 0.5) is 16.2 Å². The third-order valence-electron chi connectivity index (χ3n) is 3.78. The van der Waals surface area contributed by atoms with Gasteiger partial charge in [0.2, 0.25) is 0 Å². The first-order chi connectivity index (χ1) is 12.6. The minimum absolute atomic E-state index is 0.310. The average Bonchev–Trinajstić information content (AvgIpc) is 3.06. The highest BCUT2D eigenvalue weighted by Gasteiger charge is 2.20. The standard InChI is InChI=1S/C19H14FN3O2S/c1-12-11-25-19(21-12)23-18-16-5-3-2-4-13(16)10-17(22-18)26(24)15-8-6-14(20)7-9-15/h2-11H,1H3,(H,21,22,23)/t26-/m1/s1. The summed E-state index contributed by atoms with van der Waals surface area (Å²) in [5.41, 5.74) is 0.739. The van der Waals surface area contributed by atoms with Crippen LogP contribution in [0.15, 0.2) is 75.2 Å². The summed E-state index contributed by atoms with van der Waals surface area (Å²) in [6.45, 7) is 1.82. The second-order valence-corrected chi connectivity index (χ2v) is 7.10. The van der Waals surface area contributed by atoms with Crippen LogP contribution in [0, 0.1) is 12.7 Å². The molecule has 26 heavy (non-hydrogen) atoms. The summed E-state index contributed by atoms with van der Waals surface area (Å²) in [6, 6.07) is 15.2. The lowest BCUT2D eigenvalue weighted by atomic mass is 10.1. The fourth-order valence-electron chi connectivity index (χ4n) is 2.56. The van der Waals surface area contributed by atoms with Gasteiger partial charge in [0.1, 0.15) is 17.9 Å². The maximum Gasteiger partial charge on any atom is 0.300 e. The van der Waals surface area contributed by atoms with Crippen LogP contribution < -0.4 is 5.32 Å². The predicted molar refractivity (Wildman–Crippen MR) is 97.3 cm³/mol. The highest BCUT2D eigenvalue weighted by atomic mass is 32.2. The molecular formula is C19H14FN3O2S. The monoisotopic (exact) mass is 367 g/mol. The molecule has 0 radical (unpaired) electrons. The Hall–Kier alpha value is -2.90. The maximum absolute atomic E-state index is 13.1. The normalized spacial score (nSPS) is 12.3. The first kappa shape index (κ1) is 16.6. The fourth-order valence-corrected chi connectivity index (χ4v) is 3.59. The molecule has 130 valence electrons. The van der Waals surface area contributed by atoms with Crippen LogP contribution in [0.5, 0.6) is 0 Å². The van der Waals surface area contributed by atoms with Crippen molar-refractivity contribution in [1.82, 2.24) is 9.97 Å². The molecule has 4 aromatic rings. The van der Waals surface area contributed by atoms with E-state index >= 15 is 0 Å². The minimum Gasteiger partial charge on any atom is -0.605 e. The maximum atomic E-state index is 13.1. The van der Waals surface area contributed by atoms with Gasteiger partial charge in [-0.1, -0.05) is 24.3 Å². The number of aryl methyl sites for hydroxylation is 1. The summed E-state index contributed by atoms with van der Waals surface area (Å²) in [5, 5.41) is 5.13. The summed E-state index contributed by atoms with van der Waals surface area (Å²) >= 11 is -1.54. The molecule has 0 spiro atoms. The Morgan fingerprint density at radius 2 is 1.85 bits per heavy atom. The van der Waals surface area contributed by atoms with Crippen LogP contribution >= 0.6 is 0 Å². The first-order valence-corrected chi connectivity index (χ1v) is 9.01. The SMILES string of the molecule is Cc1coc(Nc2nc([S@+]([O-])c3ccc(F)cc3)cc3ccccc23)n1. The van der Waals surface area contributed by atoms with E-state index < -0.39 is 11.2 Å². The van der Waals surface area contributed by atoms with Gasteiger partial charge in [0, 0.05) is 22.6 Å². The third kappa shape index (κ3) is 3.26. The Balaban J connectivity index is 1.79. The van der Waals surface area contributed by atoms with E-state index in [0.29, 0.717) is 21.8 Å². The van der Waals surface area contributed by atoms with E-state index in [0.717, 1.165) is 16.5 Å². The number of halogens is 1. The number of fused-ring (bicyclic) bond motifs is 1. The van der Waals surface area contributed by atoms with Gasteiger partial charge in [0.25, 0.3) is 5.03 Å². The zero-order valence-electron chi connectivity index (χ0n) is 13.8. The number of rotatable bonds is 4. The number of anilines is 2. The Bertz CT molecular complexity index is 1070. The second-order valence-electron chi connectivity index (χ2n) is 5.67. The number of oxazole rings is 1. The quantitative estimate of drug-likeness (QED) is 0.535. The van der Waals surface area contributed by atoms with Crippen LogP contribution in [0.2, 0.25) is 0 Å². The summed E-state index contributed by atoms with van der Waals surface area (Å²) in [4.78, 5) is 9.20. The van der Waals surface area contributed by atoms with Crippen molar-refractivity contribution in [3.8, 4) is 0 Å². The summed E-state index contributed by atoms with van der Waals surface area (Å²) in [5.74, 6) is 0.120. The molecule has 0 unspecified atom stereocenters. The Labute approximate surface area is 152 Å². The van der Waals surface area contributed by atoms with E-state index in [4.69, 9.17) is 4.42 Å². The van der Waals surface area contributed by atoms with Gasteiger partial charge in [-0.3, -0.25) is 5.32 Å². The van der Waals surface area contributed by atoms with Crippen LogP contribution in [0.1, 0.15) is 5.69 Å². The molecule has 2 heterocycles. The number of hydrogen-bond acceptors (Lipinski definition) is 5. The fraction of sp³-hybridized carbons (Fsp3) is 0.0526. The Morgan fingerprint density at radius 3 is 2.58 bits per heavy atom. The van der Waals surface area contributed by atoms with Gasteiger partial charge in [0.05, 0.1) is 5.69 Å². The molecule has 0 saturated carbocycles. The van der Waals surface area contributed by atoms with Gasteiger partial charge in [0.15, 0.2) is 4.90 Å². The molecule has 7 heteroatoms. The molecule has 0 saturated heterocycles. The number of aromatic nitrogens is 2. The third-order valence-corrected chi connectivity index (χ3v) is 5.07. The van der Waals surface area contributed by atoms with E-state index in [1.807, 2.05) is 31.2 Å². The van der Waals surface area contributed by atoms with Crippen molar-refractivity contribution in [2.24, 2.45) is 0 Å². The smallest absolute Gasteiger partial charge is 0.300 e. The zero-order valence-corrected chi connectivity index (χ0v) is 14.6. The number of pyridine rings is 1. The molecule has 4 rings (SSSR count). The van der Waals surface area contributed by atoms with Crippen LogP contribution in [-0.4, -0.2) is 14.5 Å². The molecule has 0 aliphatic carbocycles. The highest BCUT2D eigenvalue weighted by molar-refractivity contribution is 7.91. The second kappa shape index (κ2) is 6.78. The van der Waals surface area contributed by atoms with Crippen LogP contribution in [0.25, 0.3) is 10.8 Å². The van der Waals surface area contributed by atoms with Gasteiger partial charge in [-0.2, -0.15) is 9.97 Å². The van der Waals surface area contributed by atoms with E-state index in [1.54, 1.807) is 6.07 Å². The minimum atomic E-state index is -1.54. The molecule has 0 fully saturated rings. The van der Waals surface area contributed by atoms with Gasteiger partial charge in [-0.15, -0.1) is 0 Å². The van der Waals surface area contributed by atoms with E-state index in [-0.39, 0.29) is 5.82 Å².